The molecule has 4 fully saturated rings. The Labute approximate surface area is 163 Å². The van der Waals surface area contributed by atoms with E-state index in [1.807, 2.05) is 18.0 Å². The molecule has 4 bridgehead atoms. The Balaban J connectivity index is 1.29. The van der Waals surface area contributed by atoms with Crippen molar-refractivity contribution in [1.82, 2.24) is 5.32 Å². The van der Waals surface area contributed by atoms with Crippen LogP contribution in [0.15, 0.2) is 24.3 Å². The molecule has 0 aliphatic heterocycles. The summed E-state index contributed by atoms with van der Waals surface area (Å²) in [6.45, 7) is 1.38. The summed E-state index contributed by atoms with van der Waals surface area (Å²) >= 11 is 3.97. The second-order valence-corrected chi connectivity index (χ2v) is 10.6. The third-order valence-electron chi connectivity index (χ3n) is 6.69. The van der Waals surface area contributed by atoms with Crippen LogP contribution in [0.3, 0.4) is 0 Å². The SMILES string of the molecule is CN(CCCNC(=O)C12CC3CC(CC(Br)(C3)C1)C2)c1ccccc1F. The molecule has 2 atom stereocenters. The maximum absolute atomic E-state index is 13.8. The van der Waals surface area contributed by atoms with Crippen molar-refractivity contribution in [2.75, 3.05) is 25.0 Å². The van der Waals surface area contributed by atoms with Crippen LogP contribution >= 0.6 is 15.9 Å². The molecule has 0 radical (unpaired) electrons. The highest BCUT2D eigenvalue weighted by atomic mass is 79.9. The lowest BCUT2D eigenvalue weighted by Crippen LogP contribution is -2.58. The van der Waals surface area contributed by atoms with Crippen molar-refractivity contribution in [2.24, 2.45) is 17.3 Å². The Bertz CT molecular complexity index is 680. The lowest BCUT2D eigenvalue weighted by atomic mass is 9.49. The topological polar surface area (TPSA) is 32.3 Å². The predicted molar refractivity (Wildman–Crippen MR) is 106 cm³/mol. The summed E-state index contributed by atoms with van der Waals surface area (Å²) in [6, 6.07) is 6.82. The van der Waals surface area contributed by atoms with Gasteiger partial charge in [-0.15, -0.1) is 0 Å². The lowest BCUT2D eigenvalue weighted by Gasteiger charge is -2.59. The van der Waals surface area contributed by atoms with Crippen LogP contribution in [0.25, 0.3) is 0 Å². The quantitative estimate of drug-likeness (QED) is 0.540. The Morgan fingerprint density at radius 1 is 1.27 bits per heavy atom. The molecule has 142 valence electrons. The molecule has 4 aliphatic rings. The van der Waals surface area contributed by atoms with Gasteiger partial charge in [0, 0.05) is 24.5 Å². The Morgan fingerprint density at radius 2 is 1.96 bits per heavy atom. The first-order chi connectivity index (χ1) is 12.4. The minimum Gasteiger partial charge on any atom is -0.372 e. The minimum atomic E-state index is -0.199. The van der Waals surface area contributed by atoms with E-state index in [-0.39, 0.29) is 21.5 Å². The lowest BCUT2D eigenvalue weighted by molar-refractivity contribution is -0.144. The number of alkyl halides is 1. The minimum absolute atomic E-state index is 0.148. The van der Waals surface area contributed by atoms with Gasteiger partial charge in [-0.3, -0.25) is 4.79 Å². The number of hydrogen-bond acceptors (Lipinski definition) is 2. The average molecular weight is 423 g/mol. The average Bonchev–Trinajstić information content (AvgIpc) is 2.56. The van der Waals surface area contributed by atoms with Gasteiger partial charge in [0.1, 0.15) is 5.82 Å². The van der Waals surface area contributed by atoms with Crippen LogP contribution in [0.1, 0.15) is 44.9 Å². The number of anilines is 1. The molecule has 0 aromatic heterocycles. The van der Waals surface area contributed by atoms with Crippen molar-refractivity contribution in [1.29, 1.82) is 0 Å². The van der Waals surface area contributed by atoms with Crippen LogP contribution < -0.4 is 10.2 Å². The highest BCUT2D eigenvalue weighted by molar-refractivity contribution is 9.10. The molecule has 1 amide bonds. The van der Waals surface area contributed by atoms with Crippen LogP contribution in [0.2, 0.25) is 0 Å². The molecule has 0 saturated heterocycles. The molecule has 0 heterocycles. The third-order valence-corrected chi connectivity index (χ3v) is 7.62. The van der Waals surface area contributed by atoms with E-state index >= 15 is 0 Å². The molecule has 1 aromatic rings. The molecule has 4 aliphatic carbocycles. The zero-order chi connectivity index (χ0) is 18.4. The second-order valence-electron chi connectivity index (χ2n) is 8.87. The maximum Gasteiger partial charge on any atom is 0.226 e. The predicted octanol–water partition coefficient (Wildman–Crippen LogP) is 4.50. The number of amides is 1. The summed E-state index contributed by atoms with van der Waals surface area (Å²) < 4.78 is 14.0. The number of nitrogens with one attached hydrogen (secondary N) is 1. The van der Waals surface area contributed by atoms with E-state index in [1.54, 1.807) is 12.1 Å². The molecule has 3 nitrogen and oxygen atoms in total. The molecule has 26 heavy (non-hydrogen) atoms. The Kier molecular flexibility index (Phi) is 4.79. The second kappa shape index (κ2) is 6.81. The number of nitrogens with zero attached hydrogens (tertiary/aromatic N) is 1. The maximum atomic E-state index is 13.8. The number of benzene rings is 1. The van der Waals surface area contributed by atoms with Crippen molar-refractivity contribution < 1.29 is 9.18 Å². The van der Waals surface area contributed by atoms with Crippen LogP contribution in [-0.2, 0) is 4.79 Å². The van der Waals surface area contributed by atoms with E-state index in [0.717, 1.165) is 32.2 Å². The van der Waals surface area contributed by atoms with Gasteiger partial charge in [0.25, 0.3) is 0 Å². The van der Waals surface area contributed by atoms with Gasteiger partial charge in [-0.2, -0.15) is 0 Å². The summed E-state index contributed by atoms with van der Waals surface area (Å²) in [4.78, 5) is 14.9. The van der Waals surface area contributed by atoms with Crippen molar-refractivity contribution in [3.05, 3.63) is 30.1 Å². The van der Waals surface area contributed by atoms with E-state index in [9.17, 15) is 9.18 Å². The van der Waals surface area contributed by atoms with Gasteiger partial charge in [0.15, 0.2) is 0 Å². The van der Waals surface area contributed by atoms with Crippen molar-refractivity contribution in [3.63, 3.8) is 0 Å². The van der Waals surface area contributed by atoms with Gasteiger partial charge in [0.2, 0.25) is 5.91 Å². The highest BCUT2D eigenvalue weighted by Gasteiger charge is 2.59. The summed E-state index contributed by atoms with van der Waals surface area (Å²) in [5, 5.41) is 3.20. The number of hydrogen-bond donors (Lipinski definition) is 1. The molecular weight excluding hydrogens is 395 g/mol. The zero-order valence-corrected chi connectivity index (χ0v) is 17.0. The first kappa shape index (κ1) is 18.3. The highest BCUT2D eigenvalue weighted by Crippen LogP contribution is 2.64. The summed E-state index contributed by atoms with van der Waals surface area (Å²) in [5.74, 6) is 1.49. The summed E-state index contributed by atoms with van der Waals surface area (Å²) in [7, 11) is 1.90. The zero-order valence-electron chi connectivity index (χ0n) is 15.4. The molecule has 4 saturated carbocycles. The molecular formula is C21H28BrFN2O. The van der Waals surface area contributed by atoms with E-state index in [0.29, 0.717) is 24.1 Å². The number of carbonyl (C=O) groups excluding carboxylic acids is 1. The standard InChI is InChI=1S/C21H28BrFN2O/c1-25(18-6-3-2-5-17(18)23)8-4-7-24-19(26)20-10-15-9-16(11-20)13-21(22,12-15)14-20/h2-3,5-6,15-16H,4,7-14H2,1H3,(H,24,26). The van der Waals surface area contributed by atoms with Gasteiger partial charge in [-0.1, -0.05) is 28.1 Å². The number of rotatable bonds is 6. The van der Waals surface area contributed by atoms with Crippen molar-refractivity contribution in [3.8, 4) is 0 Å². The Hall–Kier alpha value is -1.10. The van der Waals surface area contributed by atoms with E-state index in [1.165, 1.54) is 25.3 Å². The first-order valence-corrected chi connectivity index (χ1v) is 10.6. The molecule has 5 heteroatoms. The van der Waals surface area contributed by atoms with Crippen LogP contribution in [0, 0.1) is 23.1 Å². The number of halogens is 2. The summed E-state index contributed by atoms with van der Waals surface area (Å²) in [6.07, 6.45) is 7.75. The molecule has 1 aromatic carbocycles. The normalized spacial score (nSPS) is 34.7. The number of carbonyl (C=O) groups is 1. The van der Waals surface area contributed by atoms with Crippen LogP contribution in [-0.4, -0.2) is 30.4 Å². The van der Waals surface area contributed by atoms with Gasteiger partial charge in [0.05, 0.1) is 11.1 Å². The van der Waals surface area contributed by atoms with Crippen molar-refractivity contribution in [2.45, 2.75) is 49.3 Å². The molecule has 5 rings (SSSR count). The smallest absolute Gasteiger partial charge is 0.226 e. The van der Waals surface area contributed by atoms with Crippen LogP contribution in [0.5, 0.6) is 0 Å². The Morgan fingerprint density at radius 3 is 2.62 bits per heavy atom. The number of para-hydroxylation sites is 1. The fourth-order valence-corrected chi connectivity index (χ4v) is 7.46. The van der Waals surface area contributed by atoms with Gasteiger partial charge >= 0.3 is 0 Å². The van der Waals surface area contributed by atoms with Crippen molar-refractivity contribution >= 4 is 27.5 Å². The fraction of sp³-hybridized carbons (Fsp3) is 0.667. The molecule has 0 spiro atoms. The monoisotopic (exact) mass is 422 g/mol. The summed E-state index contributed by atoms with van der Waals surface area (Å²) in [5.41, 5.74) is 0.464. The first-order valence-electron chi connectivity index (χ1n) is 9.82. The van der Waals surface area contributed by atoms with E-state index in [4.69, 9.17) is 0 Å². The molecule has 1 N–H and O–H groups in total. The third kappa shape index (κ3) is 3.39. The van der Waals surface area contributed by atoms with E-state index in [2.05, 4.69) is 21.2 Å². The van der Waals surface area contributed by atoms with Crippen LogP contribution in [0.4, 0.5) is 10.1 Å². The fourth-order valence-electron chi connectivity index (χ4n) is 6.00. The van der Waals surface area contributed by atoms with Gasteiger partial charge < -0.3 is 10.2 Å². The van der Waals surface area contributed by atoms with Gasteiger partial charge in [-0.05, 0) is 68.9 Å². The van der Waals surface area contributed by atoms with Gasteiger partial charge in [-0.25, -0.2) is 4.39 Å². The largest absolute Gasteiger partial charge is 0.372 e. The van der Waals surface area contributed by atoms with E-state index < -0.39 is 0 Å². The molecule has 2 unspecified atom stereocenters.